The Hall–Kier alpha value is -3.74. The molecule has 2 aromatic heterocycles. The zero-order chi connectivity index (χ0) is 23.3. The number of fused-ring (bicyclic) bond motifs is 1. The first-order chi connectivity index (χ1) is 15.8. The summed E-state index contributed by atoms with van der Waals surface area (Å²) in [6.07, 6.45) is 1.90. The molecule has 2 heterocycles. The van der Waals surface area contributed by atoms with Crippen LogP contribution in [0.3, 0.4) is 0 Å². The number of nitrogens with one attached hydrogen (secondary N) is 2. The molecule has 0 radical (unpaired) electrons. The van der Waals surface area contributed by atoms with Gasteiger partial charge in [-0.1, -0.05) is 24.3 Å². The van der Waals surface area contributed by atoms with Crippen LogP contribution >= 0.6 is 0 Å². The standard InChI is InChI=1S/C26H25FN4O2/c1-14-4-5-19(12-15(14)2)24-29-26(33)22-13-21(23(18-6-7-18)31(22)30-24)25(32)28-16(3)17-8-10-20(27)11-9-17/h4-5,8-13,16,18H,6-7H2,1-3H3,(H,28,32)(H,29,30,33). The Morgan fingerprint density at radius 2 is 1.85 bits per heavy atom. The van der Waals surface area contributed by atoms with E-state index in [9.17, 15) is 14.0 Å². The second-order valence-corrected chi connectivity index (χ2v) is 8.86. The van der Waals surface area contributed by atoms with Gasteiger partial charge in [-0.3, -0.25) is 9.59 Å². The lowest BCUT2D eigenvalue weighted by atomic mass is 10.1. The Balaban J connectivity index is 1.55. The average molecular weight is 445 g/mol. The van der Waals surface area contributed by atoms with Crippen molar-refractivity contribution < 1.29 is 9.18 Å². The molecule has 0 aliphatic heterocycles. The zero-order valence-electron chi connectivity index (χ0n) is 18.8. The van der Waals surface area contributed by atoms with Crippen LogP contribution in [-0.2, 0) is 0 Å². The van der Waals surface area contributed by atoms with Gasteiger partial charge >= 0.3 is 0 Å². The van der Waals surface area contributed by atoms with E-state index in [0.29, 0.717) is 16.9 Å². The molecule has 0 saturated heterocycles. The van der Waals surface area contributed by atoms with Crippen molar-refractivity contribution in [1.29, 1.82) is 0 Å². The van der Waals surface area contributed by atoms with E-state index in [1.807, 2.05) is 39.0 Å². The molecule has 2 N–H and O–H groups in total. The highest BCUT2D eigenvalue weighted by Gasteiger charge is 2.33. The first-order valence-electron chi connectivity index (χ1n) is 11.1. The number of halogens is 1. The number of benzene rings is 2. The average Bonchev–Trinajstić information content (AvgIpc) is 3.55. The summed E-state index contributed by atoms with van der Waals surface area (Å²) in [6.45, 7) is 5.90. The van der Waals surface area contributed by atoms with Gasteiger partial charge in [-0.2, -0.15) is 0 Å². The van der Waals surface area contributed by atoms with Crippen LogP contribution in [0.25, 0.3) is 16.9 Å². The van der Waals surface area contributed by atoms with Gasteiger partial charge in [0.25, 0.3) is 11.5 Å². The summed E-state index contributed by atoms with van der Waals surface area (Å²) >= 11 is 0. The van der Waals surface area contributed by atoms with Crippen LogP contribution < -0.4 is 10.9 Å². The molecule has 2 aromatic carbocycles. The lowest BCUT2D eigenvalue weighted by Gasteiger charge is -2.14. The van der Waals surface area contributed by atoms with E-state index in [1.54, 1.807) is 22.7 Å². The molecular weight excluding hydrogens is 419 g/mol. The number of aromatic nitrogens is 3. The van der Waals surface area contributed by atoms with Crippen molar-refractivity contribution in [2.45, 2.75) is 45.6 Å². The summed E-state index contributed by atoms with van der Waals surface area (Å²) in [6, 6.07) is 13.3. The summed E-state index contributed by atoms with van der Waals surface area (Å²) in [5, 5.41) is 7.71. The topological polar surface area (TPSA) is 79.3 Å². The molecular formula is C26H25FN4O2. The molecule has 1 aliphatic carbocycles. The lowest BCUT2D eigenvalue weighted by molar-refractivity contribution is 0.0939. The van der Waals surface area contributed by atoms with Crippen molar-refractivity contribution in [2.24, 2.45) is 0 Å². The molecule has 4 aromatic rings. The Bertz CT molecular complexity index is 1430. The number of aromatic amines is 1. The Morgan fingerprint density at radius 3 is 2.52 bits per heavy atom. The maximum absolute atomic E-state index is 13.2. The Morgan fingerprint density at radius 1 is 1.12 bits per heavy atom. The van der Waals surface area contributed by atoms with E-state index in [-0.39, 0.29) is 29.2 Å². The molecule has 1 fully saturated rings. The SMILES string of the molecule is Cc1ccc(-c2nn3c(C4CC4)c(C(=O)NC(C)c4ccc(F)cc4)cc3c(=O)[nH]2)cc1C. The van der Waals surface area contributed by atoms with Gasteiger partial charge in [-0.05, 0) is 74.6 Å². The van der Waals surface area contributed by atoms with Crippen molar-refractivity contribution in [3.63, 3.8) is 0 Å². The quantitative estimate of drug-likeness (QED) is 0.463. The monoisotopic (exact) mass is 444 g/mol. The summed E-state index contributed by atoms with van der Waals surface area (Å²) < 4.78 is 14.9. The van der Waals surface area contributed by atoms with Crippen LogP contribution in [0.2, 0.25) is 0 Å². The van der Waals surface area contributed by atoms with Gasteiger partial charge in [0.05, 0.1) is 17.3 Å². The van der Waals surface area contributed by atoms with Crippen LogP contribution in [0.5, 0.6) is 0 Å². The lowest BCUT2D eigenvalue weighted by Crippen LogP contribution is -2.27. The molecule has 1 unspecified atom stereocenters. The third-order valence-electron chi connectivity index (χ3n) is 6.38. The van der Waals surface area contributed by atoms with Gasteiger partial charge in [0.1, 0.15) is 11.3 Å². The van der Waals surface area contributed by atoms with Crippen LogP contribution in [0.15, 0.2) is 53.3 Å². The Kier molecular flexibility index (Phi) is 5.12. The molecule has 0 spiro atoms. The maximum Gasteiger partial charge on any atom is 0.275 e. The molecule has 0 bridgehead atoms. The number of nitrogens with zero attached hydrogens (tertiary/aromatic N) is 2. The number of hydrogen-bond acceptors (Lipinski definition) is 3. The van der Waals surface area contributed by atoms with Crippen LogP contribution in [0.1, 0.15) is 64.5 Å². The first-order valence-corrected chi connectivity index (χ1v) is 11.1. The van der Waals surface area contributed by atoms with Crippen molar-refractivity contribution in [3.8, 4) is 11.4 Å². The van der Waals surface area contributed by atoms with Gasteiger partial charge in [0.2, 0.25) is 0 Å². The predicted molar refractivity (Wildman–Crippen MR) is 125 cm³/mol. The van der Waals surface area contributed by atoms with E-state index in [2.05, 4.69) is 10.3 Å². The molecule has 7 heteroatoms. The molecule has 168 valence electrons. The highest BCUT2D eigenvalue weighted by molar-refractivity contribution is 5.97. The molecule has 5 rings (SSSR count). The minimum atomic E-state index is -0.322. The Labute approximate surface area is 190 Å². The number of H-pyrrole nitrogens is 1. The maximum atomic E-state index is 13.2. The van der Waals surface area contributed by atoms with E-state index in [1.165, 1.54) is 12.1 Å². The summed E-state index contributed by atoms with van der Waals surface area (Å²) in [7, 11) is 0. The smallest absolute Gasteiger partial charge is 0.275 e. The van der Waals surface area contributed by atoms with Crippen molar-refractivity contribution in [1.82, 2.24) is 19.9 Å². The summed E-state index contributed by atoms with van der Waals surface area (Å²) in [5.74, 6) is 0.0687. The van der Waals surface area contributed by atoms with Crippen LogP contribution in [-0.4, -0.2) is 20.5 Å². The third-order valence-corrected chi connectivity index (χ3v) is 6.38. The number of carbonyl (C=O) groups is 1. The van der Waals surface area contributed by atoms with Crippen molar-refractivity contribution in [3.05, 3.63) is 92.6 Å². The summed E-state index contributed by atoms with van der Waals surface area (Å²) in [5.41, 5.74) is 5.19. The van der Waals surface area contributed by atoms with Gasteiger partial charge in [-0.15, -0.1) is 5.10 Å². The van der Waals surface area contributed by atoms with Crippen LogP contribution in [0, 0.1) is 19.7 Å². The van der Waals surface area contributed by atoms with E-state index < -0.39 is 0 Å². The zero-order valence-corrected chi connectivity index (χ0v) is 18.8. The van der Waals surface area contributed by atoms with E-state index in [0.717, 1.165) is 40.8 Å². The largest absolute Gasteiger partial charge is 0.345 e. The molecule has 1 amide bonds. The molecule has 6 nitrogen and oxygen atoms in total. The van der Waals surface area contributed by atoms with Crippen molar-refractivity contribution in [2.75, 3.05) is 0 Å². The van der Waals surface area contributed by atoms with E-state index >= 15 is 0 Å². The summed E-state index contributed by atoms with van der Waals surface area (Å²) in [4.78, 5) is 29.0. The predicted octanol–water partition coefficient (Wildman–Crippen LogP) is 4.81. The number of aryl methyl sites for hydroxylation is 2. The second-order valence-electron chi connectivity index (χ2n) is 8.86. The highest BCUT2D eigenvalue weighted by Crippen LogP contribution is 2.42. The van der Waals surface area contributed by atoms with E-state index in [4.69, 9.17) is 5.10 Å². The number of rotatable bonds is 5. The third kappa shape index (κ3) is 3.95. The van der Waals surface area contributed by atoms with Gasteiger partial charge in [0.15, 0.2) is 5.82 Å². The van der Waals surface area contributed by atoms with Gasteiger partial charge < -0.3 is 10.3 Å². The molecule has 33 heavy (non-hydrogen) atoms. The molecule has 1 saturated carbocycles. The number of hydrogen-bond donors (Lipinski definition) is 2. The molecule has 1 aliphatic rings. The van der Waals surface area contributed by atoms with Gasteiger partial charge in [-0.25, -0.2) is 8.91 Å². The minimum absolute atomic E-state index is 0.191. The van der Waals surface area contributed by atoms with Crippen LogP contribution in [0.4, 0.5) is 4.39 Å². The fourth-order valence-corrected chi connectivity index (χ4v) is 4.14. The minimum Gasteiger partial charge on any atom is -0.345 e. The normalized spacial score (nSPS) is 14.4. The second kappa shape index (κ2) is 7.99. The fourth-order valence-electron chi connectivity index (χ4n) is 4.14. The highest BCUT2D eigenvalue weighted by atomic mass is 19.1. The first kappa shape index (κ1) is 21.1. The fraction of sp³-hybridized carbons (Fsp3) is 0.269. The van der Waals surface area contributed by atoms with Gasteiger partial charge in [0, 0.05) is 11.5 Å². The molecule has 1 atom stereocenters. The number of amides is 1. The number of carbonyl (C=O) groups excluding carboxylic acids is 1. The van der Waals surface area contributed by atoms with Crippen molar-refractivity contribution >= 4 is 11.4 Å².